The lowest BCUT2D eigenvalue weighted by Gasteiger charge is -2.22. The van der Waals surface area contributed by atoms with Gasteiger partial charge in [0.05, 0.1) is 0 Å². The number of piperidine rings is 1. The molecule has 0 spiro atoms. The van der Waals surface area contributed by atoms with Crippen LogP contribution in [0.5, 0.6) is 0 Å². The summed E-state index contributed by atoms with van der Waals surface area (Å²) in [5.41, 5.74) is 2.48. The van der Waals surface area contributed by atoms with Crippen molar-refractivity contribution >= 4 is 23.2 Å². The Kier molecular flexibility index (Phi) is 5.33. The Morgan fingerprint density at radius 1 is 1.33 bits per heavy atom. The van der Waals surface area contributed by atoms with E-state index in [0.29, 0.717) is 12.3 Å². The fraction of sp³-hybridized carbons (Fsp3) is 0.500. The van der Waals surface area contributed by atoms with Crippen molar-refractivity contribution in [1.29, 1.82) is 0 Å². The highest BCUT2D eigenvalue weighted by Gasteiger charge is 2.16. The second-order valence-electron chi connectivity index (χ2n) is 5.68. The average Bonchev–Trinajstić information content (AvgIpc) is 2.42. The summed E-state index contributed by atoms with van der Waals surface area (Å²) < 4.78 is 0. The average molecular weight is 289 g/mol. The van der Waals surface area contributed by atoms with Crippen molar-refractivity contribution in [2.75, 3.05) is 23.7 Å². The van der Waals surface area contributed by atoms with Gasteiger partial charge in [0.15, 0.2) is 0 Å². The first-order valence-electron chi connectivity index (χ1n) is 7.43. The van der Waals surface area contributed by atoms with Gasteiger partial charge >= 0.3 is 0 Å². The van der Waals surface area contributed by atoms with Crippen molar-refractivity contribution in [1.82, 2.24) is 5.32 Å². The summed E-state index contributed by atoms with van der Waals surface area (Å²) in [7, 11) is 0. The molecule has 5 heteroatoms. The minimum absolute atomic E-state index is 0.0513. The topological polar surface area (TPSA) is 70.2 Å². The molecule has 1 aromatic carbocycles. The second-order valence-corrected chi connectivity index (χ2v) is 5.68. The lowest BCUT2D eigenvalue weighted by Crippen LogP contribution is -2.32. The molecule has 2 amide bonds. The maximum atomic E-state index is 12.0. The second kappa shape index (κ2) is 7.22. The predicted octanol–water partition coefficient (Wildman–Crippen LogP) is 2.28. The summed E-state index contributed by atoms with van der Waals surface area (Å²) >= 11 is 0. The molecule has 1 aromatic rings. The molecule has 1 aliphatic rings. The number of hydrogen-bond donors (Lipinski definition) is 3. The van der Waals surface area contributed by atoms with Crippen LogP contribution in [0, 0.1) is 12.8 Å². The van der Waals surface area contributed by atoms with Crippen LogP contribution in [0.4, 0.5) is 11.4 Å². The van der Waals surface area contributed by atoms with Gasteiger partial charge in [0.1, 0.15) is 0 Å². The van der Waals surface area contributed by atoms with Crippen LogP contribution in [0.2, 0.25) is 0 Å². The predicted molar refractivity (Wildman–Crippen MR) is 84.3 cm³/mol. The minimum Gasteiger partial charge on any atom is -0.326 e. The van der Waals surface area contributed by atoms with E-state index in [0.717, 1.165) is 42.9 Å². The number of aryl methyl sites for hydroxylation is 1. The van der Waals surface area contributed by atoms with Gasteiger partial charge in [0.2, 0.25) is 11.8 Å². The van der Waals surface area contributed by atoms with Crippen molar-refractivity contribution in [3.63, 3.8) is 0 Å². The molecule has 1 unspecified atom stereocenters. The van der Waals surface area contributed by atoms with Crippen molar-refractivity contribution in [2.45, 2.75) is 33.1 Å². The van der Waals surface area contributed by atoms with E-state index in [-0.39, 0.29) is 11.8 Å². The molecule has 1 heterocycles. The van der Waals surface area contributed by atoms with Gasteiger partial charge in [-0.15, -0.1) is 0 Å². The summed E-state index contributed by atoms with van der Waals surface area (Å²) in [6.45, 7) is 5.37. The fourth-order valence-electron chi connectivity index (χ4n) is 2.64. The highest BCUT2D eigenvalue weighted by molar-refractivity contribution is 5.93. The van der Waals surface area contributed by atoms with Crippen molar-refractivity contribution in [2.24, 2.45) is 5.92 Å². The molecule has 0 aromatic heterocycles. The molecule has 0 aliphatic carbocycles. The summed E-state index contributed by atoms with van der Waals surface area (Å²) in [6.07, 6.45) is 2.81. The minimum atomic E-state index is -0.0975. The third-order valence-corrected chi connectivity index (χ3v) is 3.69. The highest BCUT2D eigenvalue weighted by atomic mass is 16.2. The molecule has 0 saturated carbocycles. The molecule has 2 rings (SSSR count). The van der Waals surface area contributed by atoms with E-state index in [4.69, 9.17) is 0 Å². The fourth-order valence-corrected chi connectivity index (χ4v) is 2.64. The Morgan fingerprint density at radius 3 is 2.76 bits per heavy atom. The lowest BCUT2D eigenvalue weighted by atomic mass is 9.96. The van der Waals surface area contributed by atoms with Gasteiger partial charge in [0.25, 0.3) is 0 Å². The van der Waals surface area contributed by atoms with Crippen molar-refractivity contribution in [3.05, 3.63) is 23.8 Å². The number of amides is 2. The highest BCUT2D eigenvalue weighted by Crippen LogP contribution is 2.21. The third-order valence-electron chi connectivity index (χ3n) is 3.69. The van der Waals surface area contributed by atoms with Gasteiger partial charge in [-0.05, 0) is 62.5 Å². The molecular weight excluding hydrogens is 266 g/mol. The number of rotatable bonds is 4. The smallest absolute Gasteiger partial charge is 0.224 e. The van der Waals surface area contributed by atoms with Gasteiger partial charge in [0, 0.05) is 24.7 Å². The van der Waals surface area contributed by atoms with Gasteiger partial charge < -0.3 is 16.0 Å². The molecule has 21 heavy (non-hydrogen) atoms. The summed E-state index contributed by atoms with van der Waals surface area (Å²) in [5, 5.41) is 9.01. The Labute approximate surface area is 125 Å². The number of carbonyl (C=O) groups excluding carboxylic acids is 2. The molecule has 0 bridgehead atoms. The number of anilines is 2. The first-order chi connectivity index (χ1) is 10.0. The molecule has 1 saturated heterocycles. The van der Waals surface area contributed by atoms with E-state index in [1.165, 1.54) is 6.92 Å². The summed E-state index contributed by atoms with van der Waals surface area (Å²) in [4.78, 5) is 23.1. The van der Waals surface area contributed by atoms with Gasteiger partial charge in [-0.1, -0.05) is 0 Å². The summed E-state index contributed by atoms with van der Waals surface area (Å²) in [6, 6.07) is 5.51. The SMILES string of the molecule is CC(=O)Nc1ccc(NC(=O)CC2CCCNC2)cc1C. The monoisotopic (exact) mass is 289 g/mol. The Balaban J connectivity index is 1.91. The largest absolute Gasteiger partial charge is 0.326 e. The zero-order valence-corrected chi connectivity index (χ0v) is 12.7. The Bertz CT molecular complexity index is 522. The lowest BCUT2D eigenvalue weighted by molar-refractivity contribution is -0.117. The number of carbonyl (C=O) groups is 2. The van der Waals surface area contributed by atoms with Crippen LogP contribution < -0.4 is 16.0 Å². The molecular formula is C16H23N3O2. The third kappa shape index (κ3) is 4.86. The molecule has 114 valence electrons. The van der Waals surface area contributed by atoms with Crippen molar-refractivity contribution in [3.8, 4) is 0 Å². The maximum Gasteiger partial charge on any atom is 0.224 e. The molecule has 1 aliphatic heterocycles. The van der Waals surface area contributed by atoms with Gasteiger partial charge in [-0.25, -0.2) is 0 Å². The normalized spacial score (nSPS) is 18.1. The van der Waals surface area contributed by atoms with Crippen LogP contribution in [-0.2, 0) is 9.59 Å². The first kappa shape index (κ1) is 15.5. The Morgan fingerprint density at radius 2 is 2.14 bits per heavy atom. The summed E-state index contributed by atoms with van der Waals surface area (Å²) in [5.74, 6) is 0.383. The number of nitrogens with one attached hydrogen (secondary N) is 3. The van der Waals surface area contributed by atoms with E-state index in [9.17, 15) is 9.59 Å². The van der Waals surface area contributed by atoms with Crippen LogP contribution in [0.25, 0.3) is 0 Å². The number of benzene rings is 1. The maximum absolute atomic E-state index is 12.0. The van der Waals surface area contributed by atoms with Crippen molar-refractivity contribution < 1.29 is 9.59 Å². The van der Waals surface area contributed by atoms with Crippen LogP contribution in [0.15, 0.2) is 18.2 Å². The van der Waals surface area contributed by atoms with E-state index in [1.54, 1.807) is 0 Å². The standard InChI is InChI=1S/C16H23N3O2/c1-11-8-14(5-6-15(11)18-12(2)20)19-16(21)9-13-4-3-7-17-10-13/h5-6,8,13,17H,3-4,7,9-10H2,1-2H3,(H,18,20)(H,19,21). The van der Waals surface area contributed by atoms with Crippen LogP contribution in [0.3, 0.4) is 0 Å². The van der Waals surface area contributed by atoms with E-state index < -0.39 is 0 Å². The zero-order valence-electron chi connectivity index (χ0n) is 12.7. The molecule has 1 atom stereocenters. The first-order valence-corrected chi connectivity index (χ1v) is 7.43. The van der Waals surface area contributed by atoms with E-state index >= 15 is 0 Å². The van der Waals surface area contributed by atoms with Crippen LogP contribution >= 0.6 is 0 Å². The zero-order chi connectivity index (χ0) is 15.2. The Hall–Kier alpha value is -1.88. The van der Waals surface area contributed by atoms with Gasteiger partial charge in [-0.2, -0.15) is 0 Å². The number of hydrogen-bond acceptors (Lipinski definition) is 3. The van der Waals surface area contributed by atoms with Crippen LogP contribution in [0.1, 0.15) is 31.7 Å². The molecule has 3 N–H and O–H groups in total. The van der Waals surface area contributed by atoms with Crippen LogP contribution in [-0.4, -0.2) is 24.9 Å². The molecule has 5 nitrogen and oxygen atoms in total. The molecule has 0 radical (unpaired) electrons. The molecule has 1 fully saturated rings. The van der Waals surface area contributed by atoms with E-state index in [1.807, 2.05) is 25.1 Å². The van der Waals surface area contributed by atoms with Gasteiger partial charge in [-0.3, -0.25) is 9.59 Å². The quantitative estimate of drug-likeness (QED) is 0.796. The van der Waals surface area contributed by atoms with E-state index in [2.05, 4.69) is 16.0 Å².